The third kappa shape index (κ3) is 2.74. The number of hydrogen-bond donors (Lipinski definition) is 1. The van der Waals surface area contributed by atoms with Gasteiger partial charge in [-0.15, -0.1) is 0 Å². The van der Waals surface area contributed by atoms with Crippen molar-refractivity contribution < 1.29 is 14.7 Å². The predicted octanol–water partition coefficient (Wildman–Crippen LogP) is 2.74. The molecule has 1 aromatic rings. The molecule has 3 atom stereocenters. The first-order valence-electron chi connectivity index (χ1n) is 10.5. The number of nitrogens with zero attached hydrogens (tertiary/aromatic N) is 3. The van der Waals surface area contributed by atoms with Gasteiger partial charge in [0.1, 0.15) is 11.8 Å². The van der Waals surface area contributed by atoms with Gasteiger partial charge in [0, 0.05) is 31.0 Å². The van der Waals surface area contributed by atoms with Gasteiger partial charge >= 0.3 is 0 Å². The molecule has 0 aromatic heterocycles. The van der Waals surface area contributed by atoms with Crippen LogP contribution in [-0.2, 0) is 21.4 Å². The van der Waals surface area contributed by atoms with Gasteiger partial charge in [0.25, 0.3) is 0 Å². The van der Waals surface area contributed by atoms with E-state index in [4.69, 9.17) is 5.26 Å². The highest BCUT2D eigenvalue weighted by Crippen LogP contribution is 2.57. The minimum absolute atomic E-state index is 0.00668. The van der Waals surface area contributed by atoms with Crippen molar-refractivity contribution in [2.45, 2.75) is 70.4 Å². The SMILES string of the molecule is CC1(C)[C@H]2Cc3c(O)cccc3[C@]1(C)CCN2C(=O)C1CCC(=O)N1CCC#N. The van der Waals surface area contributed by atoms with Gasteiger partial charge in [-0.1, -0.05) is 32.9 Å². The molecule has 2 amide bonds. The van der Waals surface area contributed by atoms with Crippen LogP contribution < -0.4 is 0 Å². The van der Waals surface area contributed by atoms with Gasteiger partial charge in [-0.25, -0.2) is 0 Å². The van der Waals surface area contributed by atoms with Crippen LogP contribution >= 0.6 is 0 Å². The Morgan fingerprint density at radius 3 is 2.83 bits per heavy atom. The Morgan fingerprint density at radius 2 is 2.10 bits per heavy atom. The molecule has 4 rings (SSSR count). The molecule has 2 fully saturated rings. The van der Waals surface area contributed by atoms with Gasteiger partial charge in [0.2, 0.25) is 11.8 Å². The number of carbonyl (C=O) groups excluding carboxylic acids is 2. The summed E-state index contributed by atoms with van der Waals surface area (Å²) in [5.74, 6) is 0.259. The number of nitriles is 1. The third-order valence-corrected chi connectivity index (χ3v) is 7.99. The smallest absolute Gasteiger partial charge is 0.245 e. The Labute approximate surface area is 172 Å². The molecule has 2 saturated heterocycles. The van der Waals surface area contributed by atoms with Gasteiger partial charge < -0.3 is 14.9 Å². The van der Waals surface area contributed by atoms with Gasteiger partial charge in [0.15, 0.2) is 0 Å². The number of phenols is 1. The molecule has 1 N–H and O–H groups in total. The van der Waals surface area contributed by atoms with E-state index < -0.39 is 6.04 Å². The summed E-state index contributed by atoms with van der Waals surface area (Å²) in [6, 6.07) is 7.31. The lowest BCUT2D eigenvalue weighted by molar-refractivity contribution is -0.151. The average molecular weight is 396 g/mol. The first kappa shape index (κ1) is 19.8. The van der Waals surface area contributed by atoms with E-state index in [1.807, 2.05) is 11.0 Å². The largest absolute Gasteiger partial charge is 0.508 e. The standard InChI is InChI=1S/C23H29N3O3/c1-22(2)19-14-15-16(6-4-7-18(15)27)23(22,3)10-13-26(19)21(29)17-8-9-20(28)25(17)12-5-11-24/h4,6-7,17,19,27H,5,8-10,12-14H2,1-3H3/t17?,19-,23+/m1/s1. The highest BCUT2D eigenvalue weighted by atomic mass is 16.3. The van der Waals surface area contributed by atoms with Crippen molar-refractivity contribution in [3.8, 4) is 11.8 Å². The number of carbonyl (C=O) groups is 2. The summed E-state index contributed by atoms with van der Waals surface area (Å²) in [4.78, 5) is 29.4. The lowest BCUT2D eigenvalue weighted by atomic mass is 9.51. The summed E-state index contributed by atoms with van der Waals surface area (Å²) in [7, 11) is 0. The zero-order valence-electron chi connectivity index (χ0n) is 17.4. The number of fused-ring (bicyclic) bond motifs is 4. The fraction of sp³-hybridized carbons (Fsp3) is 0.609. The number of hydrogen-bond acceptors (Lipinski definition) is 4. The van der Waals surface area contributed by atoms with E-state index >= 15 is 0 Å². The van der Waals surface area contributed by atoms with E-state index in [1.54, 1.807) is 11.0 Å². The summed E-state index contributed by atoms with van der Waals surface area (Å²) in [5.41, 5.74) is 1.84. The second-order valence-corrected chi connectivity index (χ2v) is 9.41. The minimum Gasteiger partial charge on any atom is -0.508 e. The number of aromatic hydroxyl groups is 1. The molecule has 6 nitrogen and oxygen atoms in total. The molecule has 1 aliphatic carbocycles. The number of phenolic OH excluding ortho intramolecular Hbond substituents is 1. The lowest BCUT2D eigenvalue weighted by Crippen LogP contribution is -2.66. The van der Waals surface area contributed by atoms with Gasteiger partial charge in [-0.3, -0.25) is 9.59 Å². The van der Waals surface area contributed by atoms with Gasteiger partial charge in [-0.05, 0) is 41.9 Å². The molecule has 0 spiro atoms. The topological polar surface area (TPSA) is 84.6 Å². The number of rotatable bonds is 3. The van der Waals surface area contributed by atoms with Crippen LogP contribution in [0, 0.1) is 16.7 Å². The summed E-state index contributed by atoms with van der Waals surface area (Å²) < 4.78 is 0. The maximum Gasteiger partial charge on any atom is 0.245 e. The van der Waals surface area contributed by atoms with Crippen molar-refractivity contribution >= 4 is 11.8 Å². The molecule has 2 bridgehead atoms. The molecular formula is C23H29N3O3. The van der Waals surface area contributed by atoms with Crippen LogP contribution in [0.2, 0.25) is 0 Å². The quantitative estimate of drug-likeness (QED) is 0.853. The Balaban J connectivity index is 1.68. The Hall–Kier alpha value is -2.55. The molecule has 3 aliphatic rings. The fourth-order valence-electron chi connectivity index (χ4n) is 5.82. The monoisotopic (exact) mass is 395 g/mol. The number of likely N-dealkylation sites (tertiary alicyclic amines) is 2. The van der Waals surface area contributed by atoms with Crippen LogP contribution in [-0.4, -0.2) is 51.9 Å². The average Bonchev–Trinajstić information content (AvgIpc) is 3.03. The van der Waals surface area contributed by atoms with Crippen molar-refractivity contribution in [3.05, 3.63) is 29.3 Å². The van der Waals surface area contributed by atoms with E-state index in [-0.39, 0.29) is 35.1 Å². The minimum atomic E-state index is -0.471. The number of piperidine rings is 1. The van der Waals surface area contributed by atoms with Crippen molar-refractivity contribution in [3.63, 3.8) is 0 Å². The zero-order chi connectivity index (χ0) is 21.0. The van der Waals surface area contributed by atoms with Crippen molar-refractivity contribution in [1.82, 2.24) is 9.80 Å². The van der Waals surface area contributed by atoms with Crippen LogP contribution in [0.15, 0.2) is 18.2 Å². The van der Waals surface area contributed by atoms with Crippen LogP contribution in [0.25, 0.3) is 0 Å². The summed E-state index contributed by atoms with van der Waals surface area (Å²) in [6.07, 6.45) is 2.56. The fourth-order valence-corrected chi connectivity index (χ4v) is 5.82. The molecule has 29 heavy (non-hydrogen) atoms. The second kappa shape index (κ2) is 6.76. The number of amides is 2. The first-order chi connectivity index (χ1) is 13.7. The lowest BCUT2D eigenvalue weighted by Gasteiger charge is -2.61. The molecule has 0 saturated carbocycles. The van der Waals surface area contributed by atoms with Crippen LogP contribution in [0.4, 0.5) is 0 Å². The summed E-state index contributed by atoms with van der Waals surface area (Å²) in [6.45, 7) is 7.65. The Kier molecular flexibility index (Phi) is 4.60. The molecule has 1 unspecified atom stereocenters. The van der Waals surface area contributed by atoms with E-state index in [2.05, 4.69) is 32.9 Å². The van der Waals surface area contributed by atoms with E-state index in [9.17, 15) is 14.7 Å². The normalized spacial score (nSPS) is 30.1. The molecule has 154 valence electrons. The molecular weight excluding hydrogens is 366 g/mol. The van der Waals surface area contributed by atoms with E-state index in [1.165, 1.54) is 5.56 Å². The molecule has 1 aromatic carbocycles. The molecule has 2 aliphatic heterocycles. The van der Waals surface area contributed by atoms with Crippen LogP contribution in [0.5, 0.6) is 5.75 Å². The van der Waals surface area contributed by atoms with Crippen LogP contribution in [0.1, 0.15) is 57.6 Å². The summed E-state index contributed by atoms with van der Waals surface area (Å²) >= 11 is 0. The van der Waals surface area contributed by atoms with Crippen molar-refractivity contribution in [2.75, 3.05) is 13.1 Å². The Bertz CT molecular complexity index is 903. The van der Waals surface area contributed by atoms with Gasteiger partial charge in [-0.2, -0.15) is 5.26 Å². The van der Waals surface area contributed by atoms with E-state index in [0.29, 0.717) is 38.1 Å². The summed E-state index contributed by atoms with van der Waals surface area (Å²) in [5, 5.41) is 19.4. The van der Waals surface area contributed by atoms with E-state index in [0.717, 1.165) is 12.0 Å². The number of benzene rings is 1. The zero-order valence-corrected chi connectivity index (χ0v) is 17.4. The Morgan fingerprint density at radius 1 is 1.34 bits per heavy atom. The first-order valence-corrected chi connectivity index (χ1v) is 10.5. The second-order valence-electron chi connectivity index (χ2n) is 9.41. The molecule has 6 heteroatoms. The molecule has 2 heterocycles. The highest BCUT2D eigenvalue weighted by molar-refractivity contribution is 5.91. The predicted molar refractivity (Wildman–Crippen MR) is 108 cm³/mol. The van der Waals surface area contributed by atoms with Gasteiger partial charge in [0.05, 0.1) is 12.5 Å². The van der Waals surface area contributed by atoms with Crippen molar-refractivity contribution in [2.24, 2.45) is 5.41 Å². The van der Waals surface area contributed by atoms with Crippen LogP contribution in [0.3, 0.4) is 0 Å². The maximum atomic E-state index is 13.6. The van der Waals surface area contributed by atoms with Crippen molar-refractivity contribution in [1.29, 1.82) is 5.26 Å². The highest BCUT2D eigenvalue weighted by Gasteiger charge is 2.58. The molecule has 0 radical (unpaired) electrons. The maximum absolute atomic E-state index is 13.6. The third-order valence-electron chi connectivity index (χ3n) is 7.99.